The van der Waals surface area contributed by atoms with Crippen LogP contribution in [0.15, 0.2) is 0 Å². The predicted octanol–water partition coefficient (Wildman–Crippen LogP) is -1.34. The third-order valence-corrected chi connectivity index (χ3v) is 3.63. The van der Waals surface area contributed by atoms with Gasteiger partial charge in [-0.2, -0.15) is 0 Å². The Kier molecular flexibility index (Phi) is 14.1. The number of nitrogens with two attached hydrogens (primary N) is 1. The highest BCUT2D eigenvalue weighted by Gasteiger charge is 2.16. The maximum Gasteiger partial charge on any atom is 0.0691 e. The van der Waals surface area contributed by atoms with Crippen LogP contribution in [-0.2, 0) is 0 Å². The van der Waals surface area contributed by atoms with Gasteiger partial charge in [0.1, 0.15) is 0 Å². The Morgan fingerprint density at radius 1 is 0.773 bits per heavy atom. The van der Waals surface area contributed by atoms with E-state index in [1.165, 1.54) is 0 Å². The predicted molar refractivity (Wildman–Crippen MR) is 85.4 cm³/mol. The van der Waals surface area contributed by atoms with Crippen LogP contribution in [0, 0.1) is 0 Å². The van der Waals surface area contributed by atoms with Crippen molar-refractivity contribution in [2.24, 2.45) is 5.73 Å². The zero-order valence-corrected chi connectivity index (χ0v) is 13.5. The third kappa shape index (κ3) is 12.3. The van der Waals surface area contributed by atoms with Gasteiger partial charge in [0, 0.05) is 32.7 Å². The Bertz CT molecular complexity index is 246. The SMILES string of the molecule is NCCCN(CCC(O)CCCO)CC(O)CC(O)CCO. The van der Waals surface area contributed by atoms with E-state index in [0.717, 1.165) is 13.0 Å². The first-order valence-corrected chi connectivity index (χ1v) is 8.21. The van der Waals surface area contributed by atoms with Crippen LogP contribution in [0.3, 0.4) is 0 Å². The maximum absolute atomic E-state index is 10.0. The highest BCUT2D eigenvalue weighted by atomic mass is 16.3. The van der Waals surface area contributed by atoms with Crippen LogP contribution in [0.4, 0.5) is 0 Å². The van der Waals surface area contributed by atoms with E-state index in [1.54, 1.807) is 0 Å². The first kappa shape index (κ1) is 21.7. The molecule has 0 aromatic carbocycles. The molecule has 22 heavy (non-hydrogen) atoms. The molecule has 0 aromatic heterocycles. The minimum atomic E-state index is -0.702. The molecule has 0 amide bonds. The summed E-state index contributed by atoms with van der Waals surface area (Å²) in [6.45, 7) is 2.33. The molecule has 0 aliphatic carbocycles. The highest BCUT2D eigenvalue weighted by Crippen LogP contribution is 2.08. The number of rotatable bonds is 15. The van der Waals surface area contributed by atoms with Crippen LogP contribution < -0.4 is 5.73 Å². The Morgan fingerprint density at radius 2 is 1.50 bits per heavy atom. The molecule has 0 saturated carbocycles. The van der Waals surface area contributed by atoms with E-state index in [4.69, 9.17) is 15.9 Å². The summed E-state index contributed by atoms with van der Waals surface area (Å²) in [5, 5.41) is 46.9. The molecule has 0 heterocycles. The fourth-order valence-corrected chi connectivity index (χ4v) is 2.37. The molecule has 7 N–H and O–H groups in total. The normalized spacial score (nSPS) is 16.0. The first-order valence-electron chi connectivity index (χ1n) is 8.21. The van der Waals surface area contributed by atoms with E-state index in [1.807, 2.05) is 4.90 Å². The fraction of sp³-hybridized carbons (Fsp3) is 1.00. The lowest BCUT2D eigenvalue weighted by Crippen LogP contribution is -2.37. The second-order valence-corrected chi connectivity index (χ2v) is 5.81. The molecule has 134 valence electrons. The van der Waals surface area contributed by atoms with Gasteiger partial charge in [-0.1, -0.05) is 0 Å². The molecule has 3 unspecified atom stereocenters. The average molecular weight is 322 g/mol. The van der Waals surface area contributed by atoms with Crippen molar-refractivity contribution >= 4 is 0 Å². The molecule has 0 rings (SSSR count). The van der Waals surface area contributed by atoms with Gasteiger partial charge in [-0.15, -0.1) is 0 Å². The molecule has 7 nitrogen and oxygen atoms in total. The molecule has 0 fully saturated rings. The zero-order chi connectivity index (χ0) is 16.8. The van der Waals surface area contributed by atoms with Crippen molar-refractivity contribution in [3.63, 3.8) is 0 Å². The van der Waals surface area contributed by atoms with Crippen LogP contribution in [0.2, 0.25) is 0 Å². The number of aliphatic hydroxyl groups excluding tert-OH is 5. The Hall–Kier alpha value is -0.280. The number of hydrogen-bond donors (Lipinski definition) is 6. The van der Waals surface area contributed by atoms with Gasteiger partial charge in [-0.05, 0) is 45.2 Å². The van der Waals surface area contributed by atoms with Gasteiger partial charge in [0.2, 0.25) is 0 Å². The molecule has 7 heteroatoms. The summed E-state index contributed by atoms with van der Waals surface area (Å²) >= 11 is 0. The minimum Gasteiger partial charge on any atom is -0.396 e. The smallest absolute Gasteiger partial charge is 0.0691 e. The maximum atomic E-state index is 10.0. The average Bonchev–Trinajstić information content (AvgIpc) is 2.47. The molecule has 0 aromatic rings. The fourth-order valence-electron chi connectivity index (χ4n) is 2.37. The summed E-state index contributed by atoms with van der Waals surface area (Å²) in [6.07, 6.45) is 1.20. The van der Waals surface area contributed by atoms with E-state index in [2.05, 4.69) is 0 Å². The quantitative estimate of drug-likeness (QED) is 0.220. The molecule has 0 bridgehead atoms. The number of hydrogen-bond acceptors (Lipinski definition) is 7. The monoisotopic (exact) mass is 322 g/mol. The topological polar surface area (TPSA) is 130 Å². The molecular formula is C15H34N2O5. The van der Waals surface area contributed by atoms with Crippen molar-refractivity contribution in [2.75, 3.05) is 39.4 Å². The number of aliphatic hydroxyl groups is 5. The van der Waals surface area contributed by atoms with Gasteiger partial charge < -0.3 is 36.2 Å². The summed E-state index contributed by atoms with van der Waals surface area (Å²) in [4.78, 5) is 2.03. The second-order valence-electron chi connectivity index (χ2n) is 5.81. The van der Waals surface area contributed by atoms with E-state index in [-0.39, 0.29) is 26.1 Å². The Morgan fingerprint density at radius 3 is 2.09 bits per heavy atom. The molecule has 0 saturated heterocycles. The summed E-state index contributed by atoms with van der Waals surface area (Å²) in [7, 11) is 0. The van der Waals surface area contributed by atoms with Gasteiger partial charge in [-0.3, -0.25) is 0 Å². The summed E-state index contributed by atoms with van der Waals surface area (Å²) in [6, 6.07) is 0. The molecule has 0 radical (unpaired) electrons. The van der Waals surface area contributed by atoms with E-state index < -0.39 is 18.3 Å². The molecule has 0 aliphatic heterocycles. The molecular weight excluding hydrogens is 288 g/mol. The lowest BCUT2D eigenvalue weighted by Gasteiger charge is -2.26. The van der Waals surface area contributed by atoms with E-state index >= 15 is 0 Å². The lowest BCUT2D eigenvalue weighted by atomic mass is 10.1. The van der Waals surface area contributed by atoms with Crippen molar-refractivity contribution in [3.05, 3.63) is 0 Å². The first-order chi connectivity index (χ1) is 10.5. The van der Waals surface area contributed by atoms with Crippen molar-refractivity contribution in [3.8, 4) is 0 Å². The third-order valence-electron chi connectivity index (χ3n) is 3.63. The molecule has 3 atom stereocenters. The largest absolute Gasteiger partial charge is 0.396 e. The second kappa shape index (κ2) is 14.3. The van der Waals surface area contributed by atoms with Crippen molar-refractivity contribution in [1.29, 1.82) is 0 Å². The standard InChI is InChI=1S/C15H34N2O5/c16-6-2-7-17(8-4-13(20)3-1-9-18)12-15(22)11-14(21)5-10-19/h13-15,18-22H,1-12,16H2. The molecule has 0 aliphatic rings. The van der Waals surface area contributed by atoms with Gasteiger partial charge in [0.25, 0.3) is 0 Å². The zero-order valence-electron chi connectivity index (χ0n) is 13.5. The van der Waals surface area contributed by atoms with Crippen LogP contribution in [0.5, 0.6) is 0 Å². The Labute approximate surface area is 133 Å². The van der Waals surface area contributed by atoms with Crippen molar-refractivity contribution in [1.82, 2.24) is 4.90 Å². The van der Waals surface area contributed by atoms with E-state index in [9.17, 15) is 15.3 Å². The number of nitrogens with zero attached hydrogens (tertiary/aromatic N) is 1. The minimum absolute atomic E-state index is 0.0788. The summed E-state index contributed by atoms with van der Waals surface area (Å²) in [5.74, 6) is 0. The van der Waals surface area contributed by atoms with Crippen molar-refractivity contribution < 1.29 is 25.5 Å². The van der Waals surface area contributed by atoms with Gasteiger partial charge >= 0.3 is 0 Å². The van der Waals surface area contributed by atoms with Crippen LogP contribution >= 0.6 is 0 Å². The van der Waals surface area contributed by atoms with Crippen LogP contribution in [0.1, 0.15) is 38.5 Å². The highest BCUT2D eigenvalue weighted by molar-refractivity contribution is 4.70. The van der Waals surface area contributed by atoms with Gasteiger partial charge in [0.15, 0.2) is 0 Å². The van der Waals surface area contributed by atoms with Crippen molar-refractivity contribution in [2.45, 2.75) is 56.8 Å². The lowest BCUT2D eigenvalue weighted by molar-refractivity contribution is 0.0387. The van der Waals surface area contributed by atoms with Crippen LogP contribution in [-0.4, -0.2) is 88.1 Å². The Balaban J connectivity index is 4.14. The van der Waals surface area contributed by atoms with Gasteiger partial charge in [0.05, 0.1) is 18.3 Å². The van der Waals surface area contributed by atoms with Crippen LogP contribution in [0.25, 0.3) is 0 Å². The summed E-state index contributed by atoms with van der Waals surface area (Å²) in [5.41, 5.74) is 5.52. The summed E-state index contributed by atoms with van der Waals surface area (Å²) < 4.78 is 0. The van der Waals surface area contributed by atoms with Gasteiger partial charge in [-0.25, -0.2) is 0 Å². The molecule has 0 spiro atoms. The van der Waals surface area contributed by atoms with E-state index in [0.29, 0.717) is 38.9 Å².